The Kier molecular flexibility index (Phi) is 8.51. The Morgan fingerprint density at radius 2 is 2.17 bits per heavy atom. The lowest BCUT2D eigenvalue weighted by Gasteiger charge is -2.31. The number of nitrogens with one attached hydrogen (secondary N) is 1. The summed E-state index contributed by atoms with van der Waals surface area (Å²) in [7, 11) is 0. The van der Waals surface area contributed by atoms with Crippen LogP contribution < -0.4 is 5.73 Å². The van der Waals surface area contributed by atoms with Gasteiger partial charge in [0.2, 0.25) is 0 Å². The number of amides is 1. The van der Waals surface area contributed by atoms with Crippen molar-refractivity contribution in [2.75, 3.05) is 19.6 Å². The van der Waals surface area contributed by atoms with Crippen LogP contribution in [0, 0.1) is 11.2 Å². The zero-order valence-corrected chi connectivity index (χ0v) is 18.1. The molecule has 2 rings (SSSR count). The number of hydrogen-bond acceptors (Lipinski definition) is 3. The molecular weight excluding hydrogens is 401 g/mol. The van der Waals surface area contributed by atoms with Gasteiger partial charge in [-0.15, -0.1) is 0 Å². The fourth-order valence-electron chi connectivity index (χ4n) is 3.41. The highest BCUT2D eigenvalue weighted by molar-refractivity contribution is 6.43. The quantitative estimate of drug-likeness (QED) is 0.448. The first kappa shape index (κ1) is 23.5. The van der Waals surface area contributed by atoms with E-state index in [-0.39, 0.29) is 10.7 Å². The maximum absolute atomic E-state index is 14.7. The number of primary amides is 1. The van der Waals surface area contributed by atoms with Crippen LogP contribution in [0.1, 0.15) is 25.8 Å². The van der Waals surface area contributed by atoms with Crippen molar-refractivity contribution in [3.05, 3.63) is 88.3 Å². The minimum Gasteiger partial charge on any atom is -0.364 e. The van der Waals surface area contributed by atoms with Gasteiger partial charge in [-0.1, -0.05) is 48.1 Å². The SMILES string of the molecule is C=C/C(=C\C=C/C)CN1CCC(/C(=C\C(=N)C(N)=O)c2ccc(Cl)cc2F)=C(C)C1. The lowest BCUT2D eigenvalue weighted by atomic mass is 9.88. The molecule has 0 atom stereocenters. The summed E-state index contributed by atoms with van der Waals surface area (Å²) in [6.45, 7) is 10.0. The van der Waals surface area contributed by atoms with Crippen LogP contribution in [-0.4, -0.2) is 36.2 Å². The van der Waals surface area contributed by atoms with Crippen LogP contribution >= 0.6 is 11.6 Å². The van der Waals surface area contributed by atoms with Crippen LogP contribution in [-0.2, 0) is 4.79 Å². The van der Waals surface area contributed by atoms with E-state index < -0.39 is 11.7 Å². The third-order valence-electron chi connectivity index (χ3n) is 4.93. The molecule has 6 heteroatoms. The number of allylic oxidation sites excluding steroid dienone is 4. The van der Waals surface area contributed by atoms with Gasteiger partial charge in [-0.2, -0.15) is 0 Å². The Bertz CT molecular complexity index is 973. The maximum atomic E-state index is 14.7. The Labute approximate surface area is 182 Å². The molecule has 1 amide bonds. The molecule has 1 heterocycles. The van der Waals surface area contributed by atoms with E-state index in [9.17, 15) is 9.18 Å². The van der Waals surface area contributed by atoms with E-state index in [1.165, 1.54) is 12.1 Å². The van der Waals surface area contributed by atoms with E-state index >= 15 is 0 Å². The van der Waals surface area contributed by atoms with Crippen molar-refractivity contribution in [2.24, 2.45) is 5.73 Å². The largest absolute Gasteiger partial charge is 0.364 e. The molecular formula is C24H27ClFN3O. The van der Waals surface area contributed by atoms with Crippen molar-refractivity contribution in [3.8, 4) is 0 Å². The van der Waals surface area contributed by atoms with Crippen LogP contribution in [0.4, 0.5) is 4.39 Å². The van der Waals surface area contributed by atoms with Crippen molar-refractivity contribution in [2.45, 2.75) is 20.3 Å². The minimum atomic E-state index is -0.859. The number of carbonyl (C=O) groups excluding carboxylic acids is 1. The number of halogens is 2. The van der Waals surface area contributed by atoms with Crippen molar-refractivity contribution in [1.29, 1.82) is 5.41 Å². The second-order valence-electron chi connectivity index (χ2n) is 7.15. The Morgan fingerprint density at radius 3 is 2.73 bits per heavy atom. The molecule has 0 spiro atoms. The molecule has 1 aromatic rings. The van der Waals surface area contributed by atoms with Crippen molar-refractivity contribution < 1.29 is 9.18 Å². The molecule has 30 heavy (non-hydrogen) atoms. The van der Waals surface area contributed by atoms with Gasteiger partial charge in [0.05, 0.1) is 0 Å². The summed E-state index contributed by atoms with van der Waals surface area (Å²) in [5, 5.41) is 8.17. The second-order valence-corrected chi connectivity index (χ2v) is 7.59. The van der Waals surface area contributed by atoms with Crippen molar-refractivity contribution in [1.82, 2.24) is 4.90 Å². The molecule has 0 aliphatic carbocycles. The van der Waals surface area contributed by atoms with E-state index in [4.69, 9.17) is 22.7 Å². The molecule has 4 nitrogen and oxygen atoms in total. The molecule has 158 valence electrons. The van der Waals surface area contributed by atoms with Crippen molar-refractivity contribution >= 4 is 28.8 Å². The smallest absolute Gasteiger partial charge is 0.266 e. The first-order valence-electron chi connectivity index (χ1n) is 9.68. The van der Waals surface area contributed by atoms with Gasteiger partial charge in [-0.25, -0.2) is 4.39 Å². The standard InChI is InChI=1S/C24H27ClFN3O/c1-4-6-7-17(5-2)15-29-11-10-19(16(3)14-29)21(13-23(27)24(28)30)20-9-8-18(25)12-22(20)26/h4-9,12-13,27H,2,10-11,14-15H2,1,3H3,(H2,28,30)/b6-4-,17-7+,21-13+,27-23?. The van der Waals surface area contributed by atoms with Gasteiger partial charge in [0.25, 0.3) is 5.91 Å². The fourth-order valence-corrected chi connectivity index (χ4v) is 3.57. The molecule has 0 radical (unpaired) electrons. The predicted octanol–water partition coefficient (Wildman–Crippen LogP) is 5.08. The molecule has 0 saturated heterocycles. The highest BCUT2D eigenvalue weighted by Crippen LogP contribution is 2.34. The number of carbonyl (C=O) groups is 1. The van der Waals surface area contributed by atoms with Gasteiger partial charge < -0.3 is 5.73 Å². The summed E-state index contributed by atoms with van der Waals surface area (Å²) in [6.07, 6.45) is 9.83. The molecule has 0 aromatic heterocycles. The molecule has 0 unspecified atom stereocenters. The predicted molar refractivity (Wildman–Crippen MR) is 123 cm³/mol. The molecule has 1 aliphatic heterocycles. The first-order chi connectivity index (χ1) is 14.3. The summed E-state index contributed by atoms with van der Waals surface area (Å²) in [4.78, 5) is 13.7. The van der Waals surface area contributed by atoms with Crippen LogP contribution in [0.3, 0.4) is 0 Å². The number of nitrogens with zero attached hydrogens (tertiary/aromatic N) is 1. The fraction of sp³-hybridized carbons (Fsp3) is 0.250. The molecule has 1 aromatic carbocycles. The maximum Gasteiger partial charge on any atom is 0.266 e. The van der Waals surface area contributed by atoms with Gasteiger partial charge in [0.15, 0.2) is 0 Å². The van der Waals surface area contributed by atoms with Crippen LogP contribution in [0.2, 0.25) is 5.02 Å². The normalized spacial score (nSPS) is 16.3. The Hall–Kier alpha value is -2.76. The Balaban J connectivity index is 2.41. The van der Waals surface area contributed by atoms with E-state index in [0.29, 0.717) is 24.1 Å². The summed E-state index contributed by atoms with van der Waals surface area (Å²) in [5.74, 6) is -1.36. The third kappa shape index (κ3) is 6.12. The van der Waals surface area contributed by atoms with Gasteiger partial charge in [-0.3, -0.25) is 15.1 Å². The number of rotatable bonds is 8. The highest BCUT2D eigenvalue weighted by atomic mass is 35.5. The van der Waals surface area contributed by atoms with Gasteiger partial charge in [-0.05, 0) is 61.3 Å². The summed E-state index contributed by atoms with van der Waals surface area (Å²) in [5.41, 5.74) is 8.75. The van der Waals surface area contributed by atoms with Crippen molar-refractivity contribution in [3.63, 3.8) is 0 Å². The topological polar surface area (TPSA) is 70.2 Å². The lowest BCUT2D eigenvalue weighted by molar-refractivity contribution is -0.111. The van der Waals surface area contributed by atoms with Crippen LogP contribution in [0.25, 0.3) is 5.57 Å². The van der Waals surface area contributed by atoms with Gasteiger partial charge in [0.1, 0.15) is 11.5 Å². The number of benzene rings is 1. The molecule has 0 saturated carbocycles. The van der Waals surface area contributed by atoms with Crippen LogP contribution in [0.5, 0.6) is 0 Å². The zero-order chi connectivity index (χ0) is 22.3. The average Bonchev–Trinajstić information content (AvgIpc) is 2.70. The second kappa shape index (κ2) is 10.9. The Morgan fingerprint density at radius 1 is 1.43 bits per heavy atom. The summed E-state index contributed by atoms with van der Waals surface area (Å²) in [6, 6.07) is 4.39. The van der Waals surface area contributed by atoms with Crippen LogP contribution in [0.15, 0.2) is 71.9 Å². The summed E-state index contributed by atoms with van der Waals surface area (Å²) < 4.78 is 14.7. The average molecular weight is 428 g/mol. The minimum absolute atomic E-state index is 0.283. The third-order valence-corrected chi connectivity index (χ3v) is 5.16. The van der Waals surface area contributed by atoms with E-state index in [1.807, 2.05) is 38.2 Å². The van der Waals surface area contributed by atoms with Gasteiger partial charge >= 0.3 is 0 Å². The molecule has 0 fully saturated rings. The molecule has 3 N–H and O–H groups in total. The lowest BCUT2D eigenvalue weighted by Crippen LogP contribution is -2.33. The first-order valence-corrected chi connectivity index (χ1v) is 10.1. The number of nitrogens with two attached hydrogens (primary N) is 1. The molecule has 0 bridgehead atoms. The summed E-state index contributed by atoms with van der Waals surface area (Å²) >= 11 is 5.90. The van der Waals surface area contributed by atoms with E-state index in [0.717, 1.165) is 29.8 Å². The highest BCUT2D eigenvalue weighted by Gasteiger charge is 2.22. The monoisotopic (exact) mass is 427 g/mol. The van der Waals surface area contributed by atoms with Gasteiger partial charge in [0, 0.05) is 30.2 Å². The molecule has 1 aliphatic rings. The van der Waals surface area contributed by atoms with E-state index in [2.05, 4.69) is 11.5 Å². The zero-order valence-electron chi connectivity index (χ0n) is 17.3. The van der Waals surface area contributed by atoms with E-state index in [1.54, 1.807) is 12.1 Å². The number of hydrogen-bond donors (Lipinski definition) is 2.